The van der Waals surface area contributed by atoms with E-state index >= 15 is 0 Å². The fraction of sp³-hybridized carbons (Fsp3) is 0.455. The maximum atomic E-state index is 3.43. The zero-order valence-electron chi connectivity index (χ0n) is 8.09. The highest BCUT2D eigenvalue weighted by molar-refractivity contribution is 9.10. The second-order valence-corrected chi connectivity index (χ2v) is 4.18. The van der Waals surface area contributed by atoms with Crippen LogP contribution in [0.15, 0.2) is 28.7 Å². The van der Waals surface area contributed by atoms with E-state index in [0.717, 1.165) is 11.0 Å². The molecule has 0 radical (unpaired) electrons. The van der Waals surface area contributed by atoms with Gasteiger partial charge in [0.15, 0.2) is 0 Å². The molecule has 0 unspecified atom stereocenters. The van der Waals surface area contributed by atoms with Crippen molar-refractivity contribution in [3.8, 4) is 0 Å². The van der Waals surface area contributed by atoms with Crippen molar-refractivity contribution in [1.82, 2.24) is 0 Å². The summed E-state index contributed by atoms with van der Waals surface area (Å²) in [7, 11) is 0. The van der Waals surface area contributed by atoms with Gasteiger partial charge in [-0.25, -0.2) is 0 Å². The number of halogens is 1. The number of nitrogens with two attached hydrogens (primary N) is 1. The Morgan fingerprint density at radius 3 is 2.54 bits per heavy atom. The highest BCUT2D eigenvalue weighted by Gasteiger charge is 1.94. The van der Waals surface area contributed by atoms with Gasteiger partial charge in [-0.1, -0.05) is 41.4 Å². The van der Waals surface area contributed by atoms with Crippen molar-refractivity contribution < 1.29 is 5.32 Å². The Morgan fingerprint density at radius 2 is 1.92 bits per heavy atom. The highest BCUT2D eigenvalue weighted by Crippen LogP contribution is 2.09. The van der Waals surface area contributed by atoms with E-state index in [0.29, 0.717) is 0 Å². The molecule has 0 fully saturated rings. The zero-order chi connectivity index (χ0) is 9.52. The third-order valence-corrected chi connectivity index (χ3v) is 2.58. The summed E-state index contributed by atoms with van der Waals surface area (Å²) in [5, 5.41) is 2.37. The lowest BCUT2D eigenvalue weighted by atomic mass is 10.2. The van der Waals surface area contributed by atoms with Crippen LogP contribution in [0.2, 0.25) is 0 Å². The summed E-state index contributed by atoms with van der Waals surface area (Å²) in [6, 6.07) is 8.55. The topological polar surface area (TPSA) is 16.6 Å². The molecule has 2 N–H and O–H groups in total. The molecule has 72 valence electrons. The van der Waals surface area contributed by atoms with E-state index in [1.807, 2.05) is 0 Å². The van der Waals surface area contributed by atoms with Crippen molar-refractivity contribution in [1.29, 1.82) is 0 Å². The quantitative estimate of drug-likeness (QED) is 0.764. The molecule has 1 aromatic rings. The Morgan fingerprint density at radius 1 is 1.23 bits per heavy atom. The molecule has 0 saturated carbocycles. The summed E-state index contributed by atoms with van der Waals surface area (Å²) in [6.07, 6.45) is 2.60. The predicted molar refractivity (Wildman–Crippen MR) is 59.5 cm³/mol. The van der Waals surface area contributed by atoms with Gasteiger partial charge in [0.1, 0.15) is 6.54 Å². The summed E-state index contributed by atoms with van der Waals surface area (Å²) >= 11 is 3.43. The molecule has 0 bridgehead atoms. The van der Waals surface area contributed by atoms with Crippen LogP contribution in [0.25, 0.3) is 0 Å². The molecule has 0 aliphatic heterocycles. The minimum atomic E-state index is 1.10. The molecule has 13 heavy (non-hydrogen) atoms. The van der Waals surface area contributed by atoms with Crippen LogP contribution in [0.5, 0.6) is 0 Å². The summed E-state index contributed by atoms with van der Waals surface area (Å²) in [5.41, 5.74) is 1.40. The van der Waals surface area contributed by atoms with Gasteiger partial charge in [0.2, 0.25) is 0 Å². The van der Waals surface area contributed by atoms with Crippen LogP contribution >= 0.6 is 15.9 Å². The minimum Gasteiger partial charge on any atom is -0.343 e. The van der Waals surface area contributed by atoms with Gasteiger partial charge in [0, 0.05) is 10.0 Å². The van der Waals surface area contributed by atoms with E-state index in [4.69, 9.17) is 0 Å². The Balaban J connectivity index is 2.25. The average Bonchev–Trinajstić information content (AvgIpc) is 2.15. The normalized spacial score (nSPS) is 10.3. The molecule has 0 saturated heterocycles. The van der Waals surface area contributed by atoms with E-state index in [2.05, 4.69) is 52.4 Å². The van der Waals surface area contributed by atoms with Crippen LogP contribution in [0.3, 0.4) is 0 Å². The van der Waals surface area contributed by atoms with Crippen LogP contribution in [0.4, 0.5) is 0 Å². The number of hydrogen-bond acceptors (Lipinski definition) is 0. The van der Waals surface area contributed by atoms with Gasteiger partial charge in [0.25, 0.3) is 0 Å². The molecule has 0 aliphatic rings. The smallest absolute Gasteiger partial charge is 0.101 e. The molecular formula is C11H17BrN+. The lowest BCUT2D eigenvalue weighted by Gasteiger charge is -2.00. The SMILES string of the molecule is CCCC[NH2+]Cc1ccc(Br)cc1. The molecule has 0 atom stereocenters. The average molecular weight is 243 g/mol. The van der Waals surface area contributed by atoms with Crippen molar-refractivity contribution >= 4 is 15.9 Å². The van der Waals surface area contributed by atoms with E-state index in [1.54, 1.807) is 0 Å². The number of hydrogen-bond donors (Lipinski definition) is 1. The highest BCUT2D eigenvalue weighted by atomic mass is 79.9. The molecule has 0 spiro atoms. The Kier molecular flexibility index (Phi) is 5.09. The maximum absolute atomic E-state index is 3.43. The Labute approximate surface area is 88.7 Å². The van der Waals surface area contributed by atoms with Gasteiger partial charge in [0.05, 0.1) is 6.54 Å². The number of quaternary nitrogens is 1. The molecule has 2 heteroatoms. The standard InChI is InChI=1S/C11H16BrN/c1-2-3-8-13-9-10-4-6-11(12)7-5-10/h4-7,13H,2-3,8-9H2,1H3/p+1. The summed E-state index contributed by atoms with van der Waals surface area (Å²) in [4.78, 5) is 0. The van der Waals surface area contributed by atoms with Crippen LogP contribution in [0, 0.1) is 0 Å². The first-order chi connectivity index (χ1) is 6.33. The number of rotatable bonds is 5. The van der Waals surface area contributed by atoms with Gasteiger partial charge in [-0.3, -0.25) is 0 Å². The predicted octanol–water partition coefficient (Wildman–Crippen LogP) is 2.31. The molecule has 0 heterocycles. The summed E-state index contributed by atoms with van der Waals surface area (Å²) < 4.78 is 1.16. The molecular weight excluding hydrogens is 226 g/mol. The van der Waals surface area contributed by atoms with Crippen LogP contribution in [-0.2, 0) is 6.54 Å². The molecule has 1 rings (SSSR count). The van der Waals surface area contributed by atoms with Gasteiger partial charge in [-0.15, -0.1) is 0 Å². The third kappa shape index (κ3) is 4.44. The first kappa shape index (κ1) is 10.7. The first-order valence-corrected chi connectivity index (χ1v) is 5.68. The van der Waals surface area contributed by atoms with E-state index < -0.39 is 0 Å². The van der Waals surface area contributed by atoms with Crippen molar-refractivity contribution in [2.75, 3.05) is 6.54 Å². The van der Waals surface area contributed by atoms with E-state index in [9.17, 15) is 0 Å². The molecule has 0 aromatic heterocycles. The zero-order valence-corrected chi connectivity index (χ0v) is 9.68. The fourth-order valence-electron chi connectivity index (χ4n) is 1.24. The number of unbranched alkanes of at least 4 members (excludes halogenated alkanes) is 1. The first-order valence-electron chi connectivity index (χ1n) is 4.89. The largest absolute Gasteiger partial charge is 0.343 e. The van der Waals surface area contributed by atoms with Gasteiger partial charge >= 0.3 is 0 Å². The lowest BCUT2D eigenvalue weighted by molar-refractivity contribution is -0.670. The summed E-state index contributed by atoms with van der Waals surface area (Å²) in [5.74, 6) is 0. The number of benzene rings is 1. The van der Waals surface area contributed by atoms with Gasteiger partial charge in [-0.2, -0.15) is 0 Å². The molecule has 0 aliphatic carbocycles. The summed E-state index contributed by atoms with van der Waals surface area (Å²) in [6.45, 7) is 4.58. The van der Waals surface area contributed by atoms with E-state index in [-0.39, 0.29) is 0 Å². The lowest BCUT2D eigenvalue weighted by Crippen LogP contribution is -2.82. The van der Waals surface area contributed by atoms with Crippen LogP contribution in [0.1, 0.15) is 25.3 Å². The van der Waals surface area contributed by atoms with Gasteiger partial charge in [-0.05, 0) is 18.6 Å². The third-order valence-electron chi connectivity index (χ3n) is 2.06. The molecule has 0 amide bonds. The maximum Gasteiger partial charge on any atom is 0.101 e. The second-order valence-electron chi connectivity index (χ2n) is 3.26. The van der Waals surface area contributed by atoms with Crippen molar-refractivity contribution in [3.05, 3.63) is 34.3 Å². The van der Waals surface area contributed by atoms with Crippen molar-refractivity contribution in [3.63, 3.8) is 0 Å². The van der Waals surface area contributed by atoms with Crippen molar-refractivity contribution in [2.45, 2.75) is 26.3 Å². The van der Waals surface area contributed by atoms with Gasteiger partial charge < -0.3 is 5.32 Å². The monoisotopic (exact) mass is 242 g/mol. The Bertz CT molecular complexity index is 230. The molecule has 1 nitrogen and oxygen atoms in total. The second kappa shape index (κ2) is 6.17. The van der Waals surface area contributed by atoms with Crippen molar-refractivity contribution in [2.24, 2.45) is 0 Å². The molecule has 1 aromatic carbocycles. The van der Waals surface area contributed by atoms with E-state index in [1.165, 1.54) is 24.9 Å². The minimum absolute atomic E-state index is 1.10. The Hall–Kier alpha value is -0.340. The van der Waals surface area contributed by atoms with Crippen LogP contribution in [-0.4, -0.2) is 6.54 Å². The fourth-order valence-corrected chi connectivity index (χ4v) is 1.50. The van der Waals surface area contributed by atoms with Crippen LogP contribution < -0.4 is 5.32 Å².